The lowest BCUT2D eigenvalue weighted by molar-refractivity contribution is -0.126. The van der Waals surface area contributed by atoms with Crippen LogP contribution in [0.15, 0.2) is 63.7 Å². The van der Waals surface area contributed by atoms with E-state index in [1.54, 1.807) is 24.3 Å². The molecule has 0 spiro atoms. The summed E-state index contributed by atoms with van der Waals surface area (Å²) in [5, 5.41) is 15.6. The van der Waals surface area contributed by atoms with Crippen LogP contribution in [-0.2, 0) is 19.6 Å². The van der Waals surface area contributed by atoms with Gasteiger partial charge in [-0.1, -0.05) is 11.6 Å². The molecule has 1 atom stereocenters. The van der Waals surface area contributed by atoms with Gasteiger partial charge in [0.15, 0.2) is 5.78 Å². The number of nitrogens with zero attached hydrogens (tertiary/aromatic N) is 2. The molecule has 0 heterocycles. The molecule has 10 heteroatoms. The summed E-state index contributed by atoms with van der Waals surface area (Å²) in [6.45, 7) is 1.22. The van der Waals surface area contributed by atoms with Gasteiger partial charge >= 0.3 is 0 Å². The van der Waals surface area contributed by atoms with E-state index in [2.05, 4.69) is 15.5 Å². The van der Waals surface area contributed by atoms with Crippen LogP contribution in [-0.4, -0.2) is 26.2 Å². The van der Waals surface area contributed by atoms with Crippen LogP contribution in [0, 0.1) is 0 Å². The topological polar surface area (TPSA) is 131 Å². The Morgan fingerprint density at radius 3 is 2.15 bits per heavy atom. The highest BCUT2D eigenvalue weighted by Crippen LogP contribution is 2.18. The van der Waals surface area contributed by atoms with Crippen molar-refractivity contribution in [3.8, 4) is 0 Å². The fraction of sp³-hybridized carbons (Fsp3) is 0.125. The van der Waals surface area contributed by atoms with E-state index in [1.165, 1.54) is 31.2 Å². The number of carbonyl (C=O) groups excluding carboxylic acids is 2. The Hall–Kier alpha value is -2.62. The van der Waals surface area contributed by atoms with E-state index < -0.39 is 27.8 Å². The van der Waals surface area contributed by atoms with E-state index in [9.17, 15) is 18.0 Å². The highest BCUT2D eigenvalue weighted by atomic mass is 35.5. The number of Topliss-reactive ketones (excluding diaryl/α,β-unsaturated/α-hetero) is 1. The predicted molar refractivity (Wildman–Crippen MR) is 96.9 cm³/mol. The molecule has 0 aliphatic rings. The summed E-state index contributed by atoms with van der Waals surface area (Å²) >= 11 is 5.77. The number of primary sulfonamides is 1. The number of halogens is 1. The van der Waals surface area contributed by atoms with Crippen molar-refractivity contribution in [2.24, 2.45) is 15.4 Å². The Labute approximate surface area is 155 Å². The quantitative estimate of drug-likeness (QED) is 0.575. The Balaban J connectivity index is 2.14. The van der Waals surface area contributed by atoms with Gasteiger partial charge < -0.3 is 5.32 Å². The zero-order valence-corrected chi connectivity index (χ0v) is 15.2. The molecule has 1 amide bonds. The van der Waals surface area contributed by atoms with Gasteiger partial charge in [-0.25, -0.2) is 13.6 Å². The van der Waals surface area contributed by atoms with Crippen LogP contribution in [0.5, 0.6) is 0 Å². The number of ketones is 1. The number of sulfonamides is 1. The Morgan fingerprint density at radius 2 is 1.65 bits per heavy atom. The number of amides is 1. The molecule has 0 bridgehead atoms. The van der Waals surface area contributed by atoms with Crippen LogP contribution in [0.3, 0.4) is 0 Å². The Morgan fingerprint density at radius 1 is 1.08 bits per heavy atom. The average molecular weight is 395 g/mol. The van der Waals surface area contributed by atoms with Crippen LogP contribution in [0.4, 0.5) is 11.4 Å². The monoisotopic (exact) mass is 394 g/mol. The number of hydrogen-bond donors (Lipinski definition) is 2. The minimum Gasteiger partial charge on any atom is -0.324 e. The summed E-state index contributed by atoms with van der Waals surface area (Å²) in [6, 6.07) is 10.2. The standard InChI is InChI=1S/C16H15ClN4O4S/c1-10(22)15(16(23)19-12-4-2-11(17)3-5-12)21-20-13-6-8-14(9-7-13)26(18,24)25/h2-9,15H,1H3,(H,19,23)(H2,18,24,25). The van der Waals surface area contributed by atoms with Gasteiger partial charge in [-0.15, -0.1) is 0 Å². The van der Waals surface area contributed by atoms with Crippen LogP contribution in [0.25, 0.3) is 0 Å². The van der Waals surface area contributed by atoms with Gasteiger partial charge in [-0.3, -0.25) is 9.59 Å². The lowest BCUT2D eigenvalue weighted by Gasteiger charge is -2.09. The highest BCUT2D eigenvalue weighted by Gasteiger charge is 2.23. The van der Waals surface area contributed by atoms with Gasteiger partial charge in [-0.05, 0) is 55.5 Å². The summed E-state index contributed by atoms with van der Waals surface area (Å²) in [4.78, 5) is 23.9. The van der Waals surface area contributed by atoms with Crippen molar-refractivity contribution in [1.29, 1.82) is 0 Å². The number of nitrogens with one attached hydrogen (secondary N) is 1. The maximum Gasteiger partial charge on any atom is 0.258 e. The van der Waals surface area contributed by atoms with Crippen LogP contribution in [0.1, 0.15) is 6.92 Å². The second-order valence-corrected chi connectivity index (χ2v) is 7.26. The minimum absolute atomic E-state index is 0.0833. The number of carbonyl (C=O) groups is 2. The van der Waals surface area contributed by atoms with E-state index in [0.29, 0.717) is 10.7 Å². The smallest absolute Gasteiger partial charge is 0.258 e. The van der Waals surface area contributed by atoms with E-state index in [1.807, 2.05) is 0 Å². The van der Waals surface area contributed by atoms with Crippen molar-refractivity contribution in [3.63, 3.8) is 0 Å². The fourth-order valence-electron chi connectivity index (χ4n) is 1.89. The molecule has 3 N–H and O–H groups in total. The molecule has 2 aromatic carbocycles. The molecule has 136 valence electrons. The van der Waals surface area contributed by atoms with Crippen molar-refractivity contribution in [1.82, 2.24) is 0 Å². The van der Waals surface area contributed by atoms with Crippen LogP contribution < -0.4 is 10.5 Å². The van der Waals surface area contributed by atoms with Gasteiger partial charge in [0.1, 0.15) is 0 Å². The van der Waals surface area contributed by atoms with Gasteiger partial charge in [0.2, 0.25) is 16.1 Å². The highest BCUT2D eigenvalue weighted by molar-refractivity contribution is 7.89. The SMILES string of the molecule is CC(=O)C(N=Nc1ccc(S(N)(=O)=O)cc1)C(=O)Nc1ccc(Cl)cc1. The molecule has 0 saturated heterocycles. The zero-order valence-electron chi connectivity index (χ0n) is 13.6. The summed E-state index contributed by atoms with van der Waals surface area (Å²) < 4.78 is 22.4. The molecule has 0 aliphatic heterocycles. The number of hydrogen-bond acceptors (Lipinski definition) is 6. The van der Waals surface area contributed by atoms with E-state index in [0.717, 1.165) is 0 Å². The molecule has 0 aromatic heterocycles. The summed E-state index contributed by atoms with van der Waals surface area (Å²) in [5.41, 5.74) is 0.723. The molecular formula is C16H15ClN4O4S. The number of nitrogens with two attached hydrogens (primary N) is 1. The second-order valence-electron chi connectivity index (χ2n) is 5.26. The van der Waals surface area contributed by atoms with Gasteiger partial charge in [0.25, 0.3) is 5.91 Å². The maximum atomic E-state index is 12.2. The van der Waals surface area contributed by atoms with E-state index in [-0.39, 0.29) is 10.6 Å². The van der Waals surface area contributed by atoms with Gasteiger partial charge in [0, 0.05) is 10.7 Å². The maximum absolute atomic E-state index is 12.2. The molecule has 0 radical (unpaired) electrons. The first-order chi connectivity index (χ1) is 12.2. The largest absolute Gasteiger partial charge is 0.324 e. The molecular weight excluding hydrogens is 380 g/mol. The van der Waals surface area contributed by atoms with Gasteiger partial charge in [0.05, 0.1) is 10.6 Å². The van der Waals surface area contributed by atoms with E-state index >= 15 is 0 Å². The molecule has 0 aliphatic carbocycles. The lowest BCUT2D eigenvalue weighted by atomic mass is 10.2. The number of rotatable bonds is 6. The normalized spacial score (nSPS) is 12.7. The third-order valence-corrected chi connectivity index (χ3v) is 4.38. The molecule has 1 unspecified atom stereocenters. The Bertz CT molecular complexity index is 941. The fourth-order valence-corrected chi connectivity index (χ4v) is 2.53. The first-order valence-electron chi connectivity index (χ1n) is 7.27. The van der Waals surface area contributed by atoms with Crippen molar-refractivity contribution in [3.05, 3.63) is 53.6 Å². The molecule has 8 nitrogen and oxygen atoms in total. The van der Waals surface area contributed by atoms with E-state index in [4.69, 9.17) is 16.7 Å². The number of benzene rings is 2. The summed E-state index contributed by atoms with van der Waals surface area (Å²) in [6.07, 6.45) is 0. The molecule has 0 saturated carbocycles. The summed E-state index contributed by atoms with van der Waals surface area (Å²) in [5.74, 6) is -1.15. The minimum atomic E-state index is -3.82. The average Bonchev–Trinajstić information content (AvgIpc) is 2.56. The number of azo groups is 1. The molecule has 2 rings (SSSR count). The van der Waals surface area contributed by atoms with Crippen molar-refractivity contribution in [2.75, 3.05) is 5.32 Å². The Kier molecular flexibility index (Phi) is 6.19. The number of anilines is 1. The first kappa shape index (κ1) is 19.7. The predicted octanol–water partition coefficient (Wildman–Crippen LogP) is 2.67. The van der Waals surface area contributed by atoms with Crippen LogP contribution >= 0.6 is 11.6 Å². The molecule has 2 aromatic rings. The van der Waals surface area contributed by atoms with Crippen molar-refractivity contribution in [2.45, 2.75) is 17.9 Å². The first-order valence-corrected chi connectivity index (χ1v) is 9.20. The zero-order chi connectivity index (χ0) is 19.3. The molecule has 26 heavy (non-hydrogen) atoms. The van der Waals surface area contributed by atoms with Crippen molar-refractivity contribution < 1.29 is 18.0 Å². The van der Waals surface area contributed by atoms with Crippen molar-refractivity contribution >= 4 is 44.7 Å². The molecule has 0 fully saturated rings. The van der Waals surface area contributed by atoms with Crippen LogP contribution in [0.2, 0.25) is 5.02 Å². The lowest BCUT2D eigenvalue weighted by Crippen LogP contribution is -2.31. The second kappa shape index (κ2) is 8.17. The third kappa shape index (κ3) is 5.45. The van der Waals surface area contributed by atoms with Gasteiger partial charge in [-0.2, -0.15) is 10.2 Å². The third-order valence-electron chi connectivity index (χ3n) is 3.20. The summed E-state index contributed by atoms with van der Waals surface area (Å²) in [7, 11) is -3.82.